The van der Waals surface area contributed by atoms with Gasteiger partial charge < -0.3 is 14.4 Å². The van der Waals surface area contributed by atoms with Gasteiger partial charge in [-0.2, -0.15) is 4.98 Å². The fourth-order valence-electron chi connectivity index (χ4n) is 2.74. The van der Waals surface area contributed by atoms with E-state index in [2.05, 4.69) is 25.4 Å². The molecule has 4 aromatic rings. The molecular formula is C20H17FN6O2. The van der Waals surface area contributed by atoms with Gasteiger partial charge in [-0.05, 0) is 43.7 Å². The molecule has 0 aliphatic carbocycles. The molecule has 0 unspecified atom stereocenters. The van der Waals surface area contributed by atoms with Crippen molar-refractivity contribution in [3.05, 3.63) is 66.1 Å². The summed E-state index contributed by atoms with van der Waals surface area (Å²) in [6.07, 6.45) is 4.95. The van der Waals surface area contributed by atoms with E-state index in [1.54, 1.807) is 55.2 Å². The van der Waals surface area contributed by atoms with Gasteiger partial charge >= 0.3 is 0 Å². The van der Waals surface area contributed by atoms with Crippen molar-refractivity contribution in [1.82, 2.24) is 24.7 Å². The molecule has 0 aliphatic heterocycles. The summed E-state index contributed by atoms with van der Waals surface area (Å²) in [6.45, 7) is 3.45. The summed E-state index contributed by atoms with van der Waals surface area (Å²) in [4.78, 5) is 25.1. The van der Waals surface area contributed by atoms with Crippen molar-refractivity contribution in [3.63, 3.8) is 0 Å². The lowest BCUT2D eigenvalue weighted by Gasteiger charge is -2.08. The van der Waals surface area contributed by atoms with E-state index >= 15 is 0 Å². The highest BCUT2D eigenvalue weighted by Gasteiger charge is 2.16. The van der Waals surface area contributed by atoms with E-state index in [-0.39, 0.29) is 18.3 Å². The molecule has 1 N–H and O–H groups in total. The van der Waals surface area contributed by atoms with Gasteiger partial charge in [0.1, 0.15) is 23.9 Å². The van der Waals surface area contributed by atoms with Crippen molar-refractivity contribution in [2.24, 2.45) is 0 Å². The second-order valence-electron chi connectivity index (χ2n) is 6.48. The van der Waals surface area contributed by atoms with E-state index in [0.29, 0.717) is 40.0 Å². The molecule has 1 aromatic carbocycles. The monoisotopic (exact) mass is 392 g/mol. The molecular weight excluding hydrogens is 375 g/mol. The van der Waals surface area contributed by atoms with Crippen LogP contribution in [0.25, 0.3) is 23.0 Å². The van der Waals surface area contributed by atoms with Crippen LogP contribution in [0.1, 0.15) is 11.4 Å². The zero-order valence-corrected chi connectivity index (χ0v) is 15.8. The van der Waals surface area contributed by atoms with Gasteiger partial charge in [0.05, 0.1) is 5.56 Å². The van der Waals surface area contributed by atoms with E-state index in [1.807, 2.05) is 6.07 Å². The summed E-state index contributed by atoms with van der Waals surface area (Å²) in [7, 11) is 0. The number of halogens is 1. The third-order valence-corrected chi connectivity index (χ3v) is 4.31. The van der Waals surface area contributed by atoms with Gasteiger partial charge in [-0.3, -0.25) is 9.78 Å². The normalized spacial score (nSPS) is 10.9. The number of rotatable bonds is 5. The molecule has 9 heteroatoms. The minimum atomic E-state index is -0.370. The molecule has 146 valence electrons. The highest BCUT2D eigenvalue weighted by atomic mass is 19.1. The number of nitrogens with one attached hydrogen (secondary N) is 1. The zero-order valence-electron chi connectivity index (χ0n) is 15.8. The van der Waals surface area contributed by atoms with Crippen LogP contribution in [0.4, 0.5) is 10.1 Å². The lowest BCUT2D eigenvalue weighted by molar-refractivity contribution is -0.116. The second-order valence-corrected chi connectivity index (χ2v) is 6.48. The summed E-state index contributed by atoms with van der Waals surface area (Å²) in [5.74, 6) is 0.582. The van der Waals surface area contributed by atoms with Crippen LogP contribution in [0.3, 0.4) is 0 Å². The molecule has 0 spiro atoms. The fraction of sp³-hybridized carbons (Fsp3) is 0.150. The van der Waals surface area contributed by atoms with Crippen LogP contribution >= 0.6 is 0 Å². The van der Waals surface area contributed by atoms with Crippen LogP contribution in [-0.4, -0.2) is 30.6 Å². The number of aryl methyl sites for hydroxylation is 2. The lowest BCUT2D eigenvalue weighted by Crippen LogP contribution is -2.19. The molecule has 0 atom stereocenters. The van der Waals surface area contributed by atoms with Crippen molar-refractivity contribution in [2.75, 3.05) is 5.32 Å². The van der Waals surface area contributed by atoms with Crippen LogP contribution in [0.2, 0.25) is 0 Å². The second kappa shape index (κ2) is 7.63. The Balaban J connectivity index is 1.49. The van der Waals surface area contributed by atoms with Crippen molar-refractivity contribution in [2.45, 2.75) is 20.4 Å². The Kier molecular flexibility index (Phi) is 4.86. The van der Waals surface area contributed by atoms with Crippen molar-refractivity contribution >= 4 is 11.6 Å². The standard InChI is InChI=1S/C20H17FN6O2/c1-12-5-6-15(8-16(12)21)24-18(28)11-27-10-17(23-13(27)2)19-25-20(29-26-19)14-4-3-7-22-9-14/h3-10H,11H2,1-2H3,(H,24,28). The van der Waals surface area contributed by atoms with Gasteiger partial charge in [0.2, 0.25) is 11.7 Å². The topological polar surface area (TPSA) is 98.7 Å². The molecule has 0 aliphatic rings. The van der Waals surface area contributed by atoms with Crippen LogP contribution in [0, 0.1) is 19.7 Å². The van der Waals surface area contributed by atoms with Gasteiger partial charge in [0.25, 0.3) is 5.89 Å². The number of pyridine rings is 1. The molecule has 8 nitrogen and oxygen atoms in total. The number of anilines is 1. The molecule has 0 bridgehead atoms. The van der Waals surface area contributed by atoms with Crippen molar-refractivity contribution < 1.29 is 13.7 Å². The van der Waals surface area contributed by atoms with Gasteiger partial charge in [0.15, 0.2) is 0 Å². The summed E-state index contributed by atoms with van der Waals surface area (Å²) < 4.78 is 20.6. The Labute approximate surface area is 165 Å². The number of imidazole rings is 1. The van der Waals surface area contributed by atoms with Crippen LogP contribution in [0.5, 0.6) is 0 Å². The number of carbonyl (C=O) groups excluding carboxylic acids is 1. The Morgan fingerprint density at radius 1 is 1.24 bits per heavy atom. The molecule has 3 aromatic heterocycles. The molecule has 1 amide bonds. The molecule has 29 heavy (non-hydrogen) atoms. The predicted molar refractivity (Wildman–Crippen MR) is 103 cm³/mol. The van der Waals surface area contributed by atoms with Crippen LogP contribution in [-0.2, 0) is 11.3 Å². The van der Waals surface area contributed by atoms with Gasteiger partial charge in [-0.1, -0.05) is 11.2 Å². The minimum absolute atomic E-state index is 0.0155. The third-order valence-electron chi connectivity index (χ3n) is 4.31. The van der Waals surface area contributed by atoms with E-state index in [0.717, 1.165) is 0 Å². The number of benzene rings is 1. The lowest BCUT2D eigenvalue weighted by atomic mass is 10.2. The maximum atomic E-state index is 13.6. The molecule has 4 rings (SSSR count). The van der Waals surface area contributed by atoms with Crippen molar-refractivity contribution in [1.29, 1.82) is 0 Å². The Bertz CT molecular complexity index is 1170. The summed E-state index contributed by atoms with van der Waals surface area (Å²) >= 11 is 0. The Morgan fingerprint density at radius 3 is 2.86 bits per heavy atom. The van der Waals surface area contributed by atoms with E-state index in [4.69, 9.17) is 4.52 Å². The zero-order chi connectivity index (χ0) is 20.4. The Morgan fingerprint density at radius 2 is 2.10 bits per heavy atom. The van der Waals surface area contributed by atoms with Crippen LogP contribution < -0.4 is 5.32 Å². The molecule has 0 fully saturated rings. The number of hydrogen-bond donors (Lipinski definition) is 1. The molecule has 0 saturated heterocycles. The number of amides is 1. The quantitative estimate of drug-likeness (QED) is 0.559. The van der Waals surface area contributed by atoms with Gasteiger partial charge in [-0.15, -0.1) is 0 Å². The highest BCUT2D eigenvalue weighted by Crippen LogP contribution is 2.21. The number of nitrogens with zero attached hydrogens (tertiary/aromatic N) is 5. The van der Waals surface area contributed by atoms with Gasteiger partial charge in [-0.25, -0.2) is 9.37 Å². The first-order valence-electron chi connectivity index (χ1n) is 8.84. The highest BCUT2D eigenvalue weighted by molar-refractivity contribution is 5.90. The number of carbonyl (C=O) groups is 1. The van der Waals surface area contributed by atoms with E-state index in [1.165, 1.54) is 6.07 Å². The summed E-state index contributed by atoms with van der Waals surface area (Å²) in [5.41, 5.74) is 2.10. The van der Waals surface area contributed by atoms with Crippen LogP contribution in [0.15, 0.2) is 53.4 Å². The number of aromatic nitrogens is 5. The largest absolute Gasteiger partial charge is 0.333 e. The average molecular weight is 392 g/mol. The maximum Gasteiger partial charge on any atom is 0.259 e. The first-order chi connectivity index (χ1) is 14.0. The first-order valence-corrected chi connectivity index (χ1v) is 8.84. The summed E-state index contributed by atoms with van der Waals surface area (Å²) in [6, 6.07) is 8.14. The fourth-order valence-corrected chi connectivity index (χ4v) is 2.74. The SMILES string of the molecule is Cc1ccc(NC(=O)Cn2cc(-c3noc(-c4cccnc4)n3)nc2C)cc1F. The van der Waals surface area contributed by atoms with E-state index < -0.39 is 0 Å². The third kappa shape index (κ3) is 4.03. The maximum absolute atomic E-state index is 13.6. The predicted octanol–water partition coefficient (Wildman–Crippen LogP) is 3.39. The average Bonchev–Trinajstić information content (AvgIpc) is 3.33. The van der Waals surface area contributed by atoms with E-state index in [9.17, 15) is 9.18 Å². The van der Waals surface area contributed by atoms with Crippen molar-refractivity contribution in [3.8, 4) is 23.0 Å². The Hall–Kier alpha value is -3.88. The van der Waals surface area contributed by atoms with Gasteiger partial charge in [0, 0.05) is 24.3 Å². The number of hydrogen-bond acceptors (Lipinski definition) is 6. The smallest absolute Gasteiger partial charge is 0.259 e. The minimum Gasteiger partial charge on any atom is -0.333 e. The molecule has 0 saturated carbocycles. The first kappa shape index (κ1) is 18.5. The summed E-state index contributed by atoms with van der Waals surface area (Å²) in [5, 5.41) is 6.63. The molecule has 0 radical (unpaired) electrons. The molecule has 3 heterocycles.